The van der Waals surface area contributed by atoms with E-state index in [0.717, 1.165) is 30.2 Å². The van der Waals surface area contributed by atoms with Crippen molar-refractivity contribution in [3.8, 4) is 0 Å². The number of aromatic amines is 1. The number of fused-ring (bicyclic) bond motifs is 1. The summed E-state index contributed by atoms with van der Waals surface area (Å²) in [5.74, 6) is -1.85. The molecule has 142 valence electrons. The van der Waals surface area contributed by atoms with Crippen molar-refractivity contribution < 1.29 is 22.0 Å². The number of carbonyl (C=O) groups excluding carboxylic acids is 1. The fraction of sp³-hybridized carbons (Fsp3) is 0.167. The van der Waals surface area contributed by atoms with Crippen LogP contribution in [0.3, 0.4) is 0 Å². The van der Waals surface area contributed by atoms with Gasteiger partial charge in [0, 0.05) is 34.7 Å². The molecule has 1 amide bonds. The Kier molecular flexibility index (Phi) is 5.25. The van der Waals surface area contributed by atoms with Crippen molar-refractivity contribution in [1.29, 1.82) is 0 Å². The summed E-state index contributed by atoms with van der Waals surface area (Å²) < 4.78 is 50.8. The Balaban J connectivity index is 2.18. The topological polar surface area (TPSA) is 79.0 Å². The van der Waals surface area contributed by atoms with E-state index in [4.69, 9.17) is 0 Å². The van der Waals surface area contributed by atoms with Gasteiger partial charge in [0.15, 0.2) is 9.84 Å². The second-order valence-electron chi connectivity index (χ2n) is 5.84. The zero-order valence-electron chi connectivity index (χ0n) is 14.5. The lowest BCUT2D eigenvalue weighted by atomic mass is 10.2. The molecule has 27 heavy (non-hydrogen) atoms. The molecule has 0 radical (unpaired) electrons. The van der Waals surface area contributed by atoms with Crippen LogP contribution in [0.1, 0.15) is 17.4 Å². The second kappa shape index (κ2) is 7.32. The standard InChI is InChI=1S/C18H16F2N2O3S2/c1-3-21-18(23)16-17(26-15-7-4-10(19)8-13(15)20)12-6-5-11(27(2,24)25)9-14(12)22-16/h4-9,22H,3H2,1-2H3,(H,21,23). The molecule has 0 aliphatic heterocycles. The third-order valence-electron chi connectivity index (χ3n) is 3.82. The van der Waals surface area contributed by atoms with E-state index >= 15 is 0 Å². The first-order valence-electron chi connectivity index (χ1n) is 7.97. The number of hydrogen-bond acceptors (Lipinski definition) is 4. The molecule has 2 aromatic carbocycles. The van der Waals surface area contributed by atoms with Crippen LogP contribution in [-0.2, 0) is 9.84 Å². The van der Waals surface area contributed by atoms with Gasteiger partial charge in [0.1, 0.15) is 17.3 Å². The number of carbonyl (C=O) groups is 1. The summed E-state index contributed by atoms with van der Waals surface area (Å²) in [4.78, 5) is 16.0. The molecule has 0 unspecified atom stereocenters. The van der Waals surface area contributed by atoms with Gasteiger partial charge in [-0.3, -0.25) is 4.79 Å². The highest BCUT2D eigenvalue weighted by Gasteiger charge is 2.21. The quantitative estimate of drug-likeness (QED) is 0.672. The first-order valence-corrected chi connectivity index (χ1v) is 10.7. The number of sulfone groups is 1. The van der Waals surface area contributed by atoms with Gasteiger partial charge in [-0.2, -0.15) is 0 Å². The predicted molar refractivity (Wildman–Crippen MR) is 99.9 cm³/mol. The van der Waals surface area contributed by atoms with Gasteiger partial charge in [-0.05, 0) is 31.2 Å². The van der Waals surface area contributed by atoms with Gasteiger partial charge in [-0.25, -0.2) is 17.2 Å². The van der Waals surface area contributed by atoms with Crippen molar-refractivity contribution in [2.24, 2.45) is 0 Å². The highest BCUT2D eigenvalue weighted by Crippen LogP contribution is 2.38. The minimum Gasteiger partial charge on any atom is -0.351 e. The van der Waals surface area contributed by atoms with Crippen LogP contribution in [0.25, 0.3) is 10.9 Å². The number of rotatable bonds is 5. The zero-order chi connectivity index (χ0) is 19.8. The lowest BCUT2D eigenvalue weighted by Crippen LogP contribution is -2.23. The van der Waals surface area contributed by atoms with Crippen LogP contribution < -0.4 is 5.32 Å². The van der Waals surface area contributed by atoms with Gasteiger partial charge in [0.2, 0.25) is 0 Å². The molecular weight excluding hydrogens is 394 g/mol. The minimum absolute atomic E-state index is 0.100. The van der Waals surface area contributed by atoms with Crippen LogP contribution in [0.4, 0.5) is 8.78 Å². The number of halogens is 2. The first kappa shape index (κ1) is 19.4. The third kappa shape index (κ3) is 3.98. The lowest BCUT2D eigenvalue weighted by Gasteiger charge is -2.06. The predicted octanol–water partition coefficient (Wildman–Crippen LogP) is 3.75. The molecule has 1 heterocycles. The Hall–Kier alpha value is -2.39. The molecule has 0 saturated heterocycles. The molecule has 0 saturated carbocycles. The van der Waals surface area contributed by atoms with Crippen molar-refractivity contribution >= 4 is 38.4 Å². The van der Waals surface area contributed by atoms with Gasteiger partial charge in [-0.15, -0.1) is 0 Å². The Morgan fingerprint density at radius 3 is 2.56 bits per heavy atom. The van der Waals surface area contributed by atoms with Gasteiger partial charge < -0.3 is 10.3 Å². The maximum atomic E-state index is 14.1. The highest BCUT2D eigenvalue weighted by molar-refractivity contribution is 7.99. The fourth-order valence-electron chi connectivity index (χ4n) is 2.56. The summed E-state index contributed by atoms with van der Waals surface area (Å²) in [6.07, 6.45) is 1.09. The number of H-pyrrole nitrogens is 1. The molecule has 0 spiro atoms. The molecule has 0 bridgehead atoms. The normalized spacial score (nSPS) is 11.7. The van der Waals surface area contributed by atoms with Crippen molar-refractivity contribution in [2.75, 3.05) is 12.8 Å². The van der Waals surface area contributed by atoms with Crippen molar-refractivity contribution in [3.63, 3.8) is 0 Å². The van der Waals surface area contributed by atoms with Crippen LogP contribution in [0.2, 0.25) is 0 Å². The molecule has 3 aromatic rings. The summed E-state index contributed by atoms with van der Waals surface area (Å²) in [6, 6.07) is 7.62. The Labute approximate surface area is 159 Å². The monoisotopic (exact) mass is 410 g/mol. The maximum absolute atomic E-state index is 14.1. The fourth-order valence-corrected chi connectivity index (χ4v) is 4.26. The van der Waals surface area contributed by atoms with E-state index in [1.165, 1.54) is 18.2 Å². The van der Waals surface area contributed by atoms with Crippen LogP contribution in [0.15, 0.2) is 51.1 Å². The maximum Gasteiger partial charge on any atom is 0.268 e. The molecule has 0 aliphatic rings. The Bertz CT molecular complexity index is 1140. The molecule has 3 rings (SSSR count). The van der Waals surface area contributed by atoms with E-state index in [1.54, 1.807) is 13.0 Å². The third-order valence-corrected chi connectivity index (χ3v) is 6.11. The van der Waals surface area contributed by atoms with Gasteiger partial charge in [0.25, 0.3) is 5.91 Å². The van der Waals surface area contributed by atoms with E-state index in [1.807, 2.05) is 0 Å². The second-order valence-corrected chi connectivity index (χ2v) is 8.91. The largest absolute Gasteiger partial charge is 0.351 e. The molecule has 1 aromatic heterocycles. The zero-order valence-corrected chi connectivity index (χ0v) is 16.1. The summed E-state index contributed by atoms with van der Waals surface area (Å²) in [6.45, 7) is 2.15. The summed E-state index contributed by atoms with van der Waals surface area (Å²) in [7, 11) is -3.43. The van der Waals surface area contributed by atoms with E-state index in [2.05, 4.69) is 10.3 Å². The molecule has 2 N–H and O–H groups in total. The molecule has 9 heteroatoms. The smallest absolute Gasteiger partial charge is 0.268 e. The summed E-state index contributed by atoms with van der Waals surface area (Å²) in [5, 5.41) is 3.23. The molecule has 0 atom stereocenters. The highest BCUT2D eigenvalue weighted by atomic mass is 32.2. The number of amides is 1. The molecular formula is C18H16F2N2O3S2. The van der Waals surface area contributed by atoms with Gasteiger partial charge in [-0.1, -0.05) is 17.8 Å². The van der Waals surface area contributed by atoms with Gasteiger partial charge in [0.05, 0.1) is 9.79 Å². The summed E-state index contributed by atoms with van der Waals surface area (Å²) >= 11 is 0.970. The van der Waals surface area contributed by atoms with Crippen molar-refractivity contribution in [2.45, 2.75) is 21.6 Å². The number of benzene rings is 2. The van der Waals surface area contributed by atoms with Crippen LogP contribution >= 0.6 is 11.8 Å². The van der Waals surface area contributed by atoms with Crippen molar-refractivity contribution in [1.82, 2.24) is 10.3 Å². The SMILES string of the molecule is CCNC(=O)c1[nH]c2cc(S(C)(=O)=O)ccc2c1Sc1ccc(F)cc1F. The number of hydrogen-bond donors (Lipinski definition) is 2. The van der Waals surface area contributed by atoms with Crippen molar-refractivity contribution in [3.05, 3.63) is 53.7 Å². The molecule has 5 nitrogen and oxygen atoms in total. The van der Waals surface area contributed by atoms with Crippen LogP contribution in [0.5, 0.6) is 0 Å². The van der Waals surface area contributed by atoms with E-state index in [9.17, 15) is 22.0 Å². The van der Waals surface area contributed by atoms with E-state index < -0.39 is 27.4 Å². The average molecular weight is 410 g/mol. The number of nitrogens with one attached hydrogen (secondary N) is 2. The van der Waals surface area contributed by atoms with Gasteiger partial charge >= 0.3 is 0 Å². The Morgan fingerprint density at radius 1 is 1.19 bits per heavy atom. The summed E-state index contributed by atoms with van der Waals surface area (Å²) in [5.41, 5.74) is 0.621. The van der Waals surface area contributed by atoms with Crippen LogP contribution in [0, 0.1) is 11.6 Å². The van der Waals surface area contributed by atoms with E-state index in [-0.39, 0.29) is 15.5 Å². The molecule has 0 aliphatic carbocycles. The van der Waals surface area contributed by atoms with Crippen LogP contribution in [-0.4, -0.2) is 32.1 Å². The average Bonchev–Trinajstić information content (AvgIpc) is 2.95. The molecule has 0 fully saturated rings. The first-order chi connectivity index (χ1) is 12.7. The Morgan fingerprint density at radius 2 is 1.93 bits per heavy atom. The van der Waals surface area contributed by atoms with E-state index in [0.29, 0.717) is 22.3 Å². The lowest BCUT2D eigenvalue weighted by molar-refractivity contribution is 0.0948. The minimum atomic E-state index is -3.43. The number of aromatic nitrogens is 1.